The molecule has 0 N–H and O–H groups in total. The van der Waals surface area contributed by atoms with Crippen LogP contribution in [0.3, 0.4) is 0 Å². The van der Waals surface area contributed by atoms with Gasteiger partial charge >= 0.3 is 5.97 Å². The summed E-state index contributed by atoms with van der Waals surface area (Å²) in [7, 11) is -3.43. The van der Waals surface area contributed by atoms with Crippen molar-refractivity contribution in [3.63, 3.8) is 0 Å². The first-order valence-electron chi connectivity index (χ1n) is 12.9. The van der Waals surface area contributed by atoms with Gasteiger partial charge in [-0.05, 0) is 83.7 Å². The van der Waals surface area contributed by atoms with Crippen molar-refractivity contribution in [2.24, 2.45) is 0 Å². The van der Waals surface area contributed by atoms with Crippen LogP contribution in [0.25, 0.3) is 0 Å². The lowest BCUT2D eigenvalue weighted by Gasteiger charge is -2.42. The largest absolute Gasteiger partial charge is 0.456 e. The quantitative estimate of drug-likeness (QED) is 0.132. The highest BCUT2D eigenvalue weighted by Crippen LogP contribution is 2.40. The normalized spacial score (nSPS) is 13.1. The lowest BCUT2D eigenvalue weighted by Crippen LogP contribution is -2.47. The molecule has 0 rings (SSSR count). The van der Waals surface area contributed by atoms with Gasteiger partial charge in [0.05, 0.1) is 17.8 Å². The zero-order valence-corrected chi connectivity index (χ0v) is 27.7. The van der Waals surface area contributed by atoms with Crippen LogP contribution in [0.2, 0.25) is 36.3 Å². The van der Waals surface area contributed by atoms with Crippen LogP contribution >= 0.6 is 0 Å². The van der Waals surface area contributed by atoms with E-state index >= 15 is 0 Å². The van der Waals surface area contributed by atoms with E-state index in [0.29, 0.717) is 13.0 Å². The first-order chi connectivity index (χ1) is 15.4. The second kappa shape index (κ2) is 14.0. The third-order valence-electron chi connectivity index (χ3n) is 6.86. The first kappa shape index (κ1) is 36.1. The van der Waals surface area contributed by atoms with Crippen molar-refractivity contribution in [1.29, 1.82) is 0 Å². The van der Waals surface area contributed by atoms with E-state index in [4.69, 9.17) is 20.0 Å². The standard InChI is InChI=1S/C16H30O3Si.C13H26OSi/c1-9-18-14(17)12-10-11-13-16(5,6)19-20(7,8)15(2,3)4;1-9-10-11-13(5,6)14-15(7,8)12(2,3)4/h9,11,13H2,1-8H3;1H,10-11H2,2-8H3. The summed E-state index contributed by atoms with van der Waals surface area (Å²) < 4.78 is 17.5. The average molecular weight is 525 g/mol. The summed E-state index contributed by atoms with van der Waals surface area (Å²) in [6.45, 7) is 33.2. The Hall–Kier alpha value is -1.06. The van der Waals surface area contributed by atoms with E-state index in [1.165, 1.54) is 0 Å². The molecule has 0 aliphatic carbocycles. The second-order valence-corrected chi connectivity index (χ2v) is 22.9. The minimum atomic E-state index is -1.77. The molecule has 0 aromatic heterocycles. The fourth-order valence-electron chi connectivity index (χ4n) is 2.83. The van der Waals surface area contributed by atoms with Crippen LogP contribution in [0.5, 0.6) is 0 Å². The maximum Gasteiger partial charge on any atom is 0.384 e. The smallest absolute Gasteiger partial charge is 0.384 e. The minimum Gasteiger partial charge on any atom is -0.456 e. The zero-order valence-electron chi connectivity index (χ0n) is 25.7. The molecular formula is C29H56O4Si2. The Balaban J connectivity index is 0. The molecule has 0 bridgehead atoms. The monoisotopic (exact) mass is 524 g/mol. The highest BCUT2D eigenvalue weighted by atomic mass is 28.4. The molecule has 0 radical (unpaired) electrons. The predicted octanol–water partition coefficient (Wildman–Crippen LogP) is 8.33. The van der Waals surface area contributed by atoms with Crippen molar-refractivity contribution in [2.45, 2.75) is 149 Å². The van der Waals surface area contributed by atoms with E-state index in [2.05, 4.69) is 113 Å². The summed E-state index contributed by atoms with van der Waals surface area (Å²) in [5.74, 6) is 7.59. The molecule has 0 amide bonds. The van der Waals surface area contributed by atoms with Crippen LogP contribution in [-0.4, -0.2) is 40.4 Å². The third kappa shape index (κ3) is 15.6. The van der Waals surface area contributed by atoms with E-state index in [1.807, 2.05) is 0 Å². The van der Waals surface area contributed by atoms with Crippen LogP contribution in [0.4, 0.5) is 0 Å². The molecule has 0 spiro atoms. The lowest BCUT2D eigenvalue weighted by molar-refractivity contribution is -0.136. The Morgan fingerprint density at radius 3 is 1.43 bits per heavy atom. The predicted molar refractivity (Wildman–Crippen MR) is 156 cm³/mol. The van der Waals surface area contributed by atoms with Gasteiger partial charge in [0.1, 0.15) is 0 Å². The van der Waals surface area contributed by atoms with Crippen molar-refractivity contribution in [3.8, 4) is 24.2 Å². The van der Waals surface area contributed by atoms with Crippen molar-refractivity contribution in [3.05, 3.63) is 0 Å². The van der Waals surface area contributed by atoms with Crippen LogP contribution in [0.15, 0.2) is 0 Å². The van der Waals surface area contributed by atoms with E-state index in [0.717, 1.165) is 19.3 Å². The highest BCUT2D eigenvalue weighted by molar-refractivity contribution is 6.74. The summed E-state index contributed by atoms with van der Waals surface area (Å²) in [6.07, 6.45) is 8.48. The molecule has 204 valence electrons. The van der Waals surface area contributed by atoms with Crippen molar-refractivity contribution in [2.75, 3.05) is 6.61 Å². The topological polar surface area (TPSA) is 44.8 Å². The Morgan fingerprint density at radius 2 is 1.11 bits per heavy atom. The lowest BCUT2D eigenvalue weighted by atomic mass is 10.0. The van der Waals surface area contributed by atoms with Gasteiger partial charge in [-0.2, -0.15) is 0 Å². The van der Waals surface area contributed by atoms with Gasteiger partial charge in [-0.1, -0.05) is 47.5 Å². The summed E-state index contributed by atoms with van der Waals surface area (Å²) in [5.41, 5.74) is -0.304. The third-order valence-corrected chi connectivity index (χ3v) is 16.2. The Kier molecular flexibility index (Phi) is 14.5. The van der Waals surface area contributed by atoms with Crippen LogP contribution in [-0.2, 0) is 18.4 Å². The first-order valence-corrected chi connectivity index (χ1v) is 18.7. The molecule has 0 unspecified atom stereocenters. The van der Waals surface area contributed by atoms with E-state index in [9.17, 15) is 4.79 Å². The van der Waals surface area contributed by atoms with Crippen LogP contribution in [0.1, 0.15) is 102 Å². The van der Waals surface area contributed by atoms with Gasteiger partial charge in [-0.15, -0.1) is 12.3 Å². The molecule has 0 aliphatic rings. The SMILES string of the molecule is C#CCCC(C)(C)O[Si](C)(C)C(C)(C)C.CCOC(=O)C#CCCC(C)(C)O[Si](C)(C)C(C)(C)C. The molecule has 6 heteroatoms. The number of esters is 1. The summed E-state index contributed by atoms with van der Waals surface area (Å²) in [6, 6.07) is 0. The number of carbonyl (C=O) groups is 1. The van der Waals surface area contributed by atoms with Crippen molar-refractivity contribution >= 4 is 22.6 Å². The summed E-state index contributed by atoms with van der Waals surface area (Å²) >= 11 is 0. The zero-order chi connectivity index (χ0) is 28.4. The second-order valence-electron chi connectivity index (χ2n) is 13.5. The minimum absolute atomic E-state index is 0.0879. The van der Waals surface area contributed by atoms with Crippen LogP contribution < -0.4 is 0 Å². The van der Waals surface area contributed by atoms with Gasteiger partial charge < -0.3 is 13.6 Å². The van der Waals surface area contributed by atoms with E-state index in [1.54, 1.807) is 6.92 Å². The number of hydrogen-bond donors (Lipinski definition) is 0. The molecule has 4 nitrogen and oxygen atoms in total. The molecule has 0 aromatic rings. The van der Waals surface area contributed by atoms with Crippen molar-refractivity contribution in [1.82, 2.24) is 0 Å². The Morgan fingerprint density at radius 1 is 0.743 bits per heavy atom. The Labute approximate surface area is 220 Å². The number of carbonyl (C=O) groups excluding carboxylic acids is 1. The molecule has 0 fully saturated rings. The maximum atomic E-state index is 11.1. The van der Waals surface area contributed by atoms with E-state index < -0.39 is 22.6 Å². The average Bonchev–Trinajstić information content (AvgIpc) is 2.61. The Bertz CT molecular complexity index is 749. The molecule has 35 heavy (non-hydrogen) atoms. The molecule has 0 aromatic carbocycles. The molecule has 0 aliphatic heterocycles. The summed E-state index contributed by atoms with van der Waals surface area (Å²) in [4.78, 5) is 11.1. The van der Waals surface area contributed by atoms with Gasteiger partial charge in [0.25, 0.3) is 0 Å². The molecule has 0 saturated carbocycles. The molecule has 0 saturated heterocycles. The van der Waals surface area contributed by atoms with Gasteiger partial charge in [0.2, 0.25) is 0 Å². The van der Waals surface area contributed by atoms with Gasteiger partial charge in [0, 0.05) is 18.8 Å². The molecular weight excluding hydrogens is 468 g/mol. The van der Waals surface area contributed by atoms with Crippen LogP contribution in [0, 0.1) is 24.2 Å². The summed E-state index contributed by atoms with van der Waals surface area (Å²) in [5, 5.41) is 0.460. The van der Waals surface area contributed by atoms with Gasteiger partial charge in [-0.25, -0.2) is 4.79 Å². The highest BCUT2D eigenvalue weighted by Gasteiger charge is 2.42. The van der Waals surface area contributed by atoms with E-state index in [-0.39, 0.29) is 21.3 Å². The number of rotatable bonds is 9. The number of hydrogen-bond acceptors (Lipinski definition) is 4. The molecule has 0 atom stereocenters. The van der Waals surface area contributed by atoms with Crippen molar-refractivity contribution < 1.29 is 18.4 Å². The molecule has 0 heterocycles. The number of terminal acetylenes is 1. The fourth-order valence-corrected chi connectivity index (χ4v) is 6.41. The van der Waals surface area contributed by atoms with Gasteiger partial charge in [-0.3, -0.25) is 0 Å². The fraction of sp³-hybridized carbons (Fsp3) is 0.828. The van der Waals surface area contributed by atoms with Gasteiger partial charge in [0.15, 0.2) is 16.6 Å². The maximum absolute atomic E-state index is 11.1. The number of ether oxygens (including phenoxy) is 1.